The molecular formula is C24H24N2O4. The van der Waals surface area contributed by atoms with Gasteiger partial charge in [0.1, 0.15) is 11.3 Å². The fourth-order valence-corrected chi connectivity index (χ4v) is 4.05. The summed E-state index contributed by atoms with van der Waals surface area (Å²) in [7, 11) is 0. The topological polar surface area (TPSA) is 91.6 Å². The molecule has 1 aromatic heterocycles. The number of carbonyl (C=O) groups excluding carboxylic acids is 1. The molecule has 0 spiro atoms. The van der Waals surface area contributed by atoms with Crippen molar-refractivity contribution in [3.05, 3.63) is 92.9 Å². The number of aryl methyl sites for hydroxylation is 2. The lowest BCUT2D eigenvalue weighted by molar-refractivity contribution is 0.0914. The number of phenols is 1. The number of fused-ring (bicyclic) bond motifs is 1. The van der Waals surface area contributed by atoms with Gasteiger partial charge in [0.05, 0.1) is 11.8 Å². The average molecular weight is 404 g/mol. The second-order valence-corrected chi connectivity index (χ2v) is 7.64. The summed E-state index contributed by atoms with van der Waals surface area (Å²) in [5, 5.41) is 22.5. The number of aromatic nitrogens is 1. The van der Waals surface area contributed by atoms with E-state index in [1.165, 1.54) is 22.3 Å². The summed E-state index contributed by atoms with van der Waals surface area (Å²) in [4.78, 5) is 26.0. The molecule has 6 heteroatoms. The zero-order valence-electron chi connectivity index (χ0n) is 16.8. The highest BCUT2D eigenvalue weighted by Gasteiger charge is 2.21. The normalized spacial score (nSPS) is 13.7. The van der Waals surface area contributed by atoms with Gasteiger partial charge in [-0.05, 0) is 72.7 Å². The second kappa shape index (κ2) is 8.16. The Hall–Kier alpha value is -3.38. The first-order chi connectivity index (χ1) is 14.5. The first kappa shape index (κ1) is 19.9. The van der Waals surface area contributed by atoms with Crippen LogP contribution >= 0.6 is 0 Å². The van der Waals surface area contributed by atoms with Gasteiger partial charge in [0.2, 0.25) is 0 Å². The van der Waals surface area contributed by atoms with Crippen LogP contribution in [0.3, 0.4) is 0 Å². The summed E-state index contributed by atoms with van der Waals surface area (Å²) >= 11 is 0. The lowest BCUT2D eigenvalue weighted by Gasteiger charge is -2.15. The van der Waals surface area contributed by atoms with Gasteiger partial charge in [0.15, 0.2) is 0 Å². The summed E-state index contributed by atoms with van der Waals surface area (Å²) in [6.07, 6.45) is 3.70. The van der Waals surface area contributed by atoms with Gasteiger partial charge in [-0.1, -0.05) is 24.3 Å². The molecule has 0 radical (unpaired) electrons. The van der Waals surface area contributed by atoms with Crippen molar-refractivity contribution in [3.63, 3.8) is 0 Å². The number of nitrogens with zero attached hydrogens (tertiary/aromatic N) is 1. The van der Waals surface area contributed by atoms with Crippen molar-refractivity contribution in [1.82, 2.24) is 9.88 Å². The molecule has 2 aromatic carbocycles. The number of benzene rings is 2. The molecule has 3 N–H and O–H groups in total. The van der Waals surface area contributed by atoms with Crippen LogP contribution in [0.4, 0.5) is 0 Å². The third-order valence-electron chi connectivity index (χ3n) is 5.62. The number of hydrogen-bond donors (Lipinski definition) is 3. The van der Waals surface area contributed by atoms with Crippen molar-refractivity contribution < 1.29 is 15.0 Å². The Bertz CT molecular complexity index is 1170. The summed E-state index contributed by atoms with van der Waals surface area (Å²) < 4.78 is 1.54. The molecule has 1 atom stereocenters. The molecule has 0 fully saturated rings. The van der Waals surface area contributed by atoms with Gasteiger partial charge in [-0.25, -0.2) is 0 Å². The molecule has 0 saturated heterocycles. The minimum atomic E-state index is -0.996. The van der Waals surface area contributed by atoms with Crippen LogP contribution in [0.1, 0.15) is 45.1 Å². The molecule has 1 heterocycles. The number of aromatic hydroxyl groups is 1. The third-order valence-corrected chi connectivity index (χ3v) is 5.62. The van der Waals surface area contributed by atoms with Crippen LogP contribution in [0.5, 0.6) is 5.75 Å². The predicted octanol–water partition coefficient (Wildman–Crippen LogP) is 2.80. The van der Waals surface area contributed by atoms with Crippen LogP contribution in [-0.2, 0) is 12.8 Å². The van der Waals surface area contributed by atoms with Gasteiger partial charge in [-0.15, -0.1) is 0 Å². The monoisotopic (exact) mass is 404 g/mol. The van der Waals surface area contributed by atoms with Gasteiger partial charge >= 0.3 is 0 Å². The second-order valence-electron chi connectivity index (χ2n) is 7.64. The third kappa shape index (κ3) is 3.74. The van der Waals surface area contributed by atoms with Crippen molar-refractivity contribution in [2.45, 2.75) is 32.3 Å². The predicted molar refractivity (Wildman–Crippen MR) is 114 cm³/mol. The van der Waals surface area contributed by atoms with Gasteiger partial charge < -0.3 is 15.5 Å². The molecule has 1 unspecified atom stereocenters. The minimum absolute atomic E-state index is 0.0371. The van der Waals surface area contributed by atoms with Crippen molar-refractivity contribution >= 4 is 5.91 Å². The Balaban J connectivity index is 1.60. The average Bonchev–Trinajstić information content (AvgIpc) is 3.21. The molecule has 154 valence electrons. The summed E-state index contributed by atoms with van der Waals surface area (Å²) in [6.45, 7) is 1.65. The Morgan fingerprint density at radius 2 is 1.97 bits per heavy atom. The van der Waals surface area contributed by atoms with Crippen LogP contribution in [0.2, 0.25) is 0 Å². The van der Waals surface area contributed by atoms with Crippen molar-refractivity contribution in [2.24, 2.45) is 0 Å². The highest BCUT2D eigenvalue weighted by Crippen LogP contribution is 2.27. The van der Waals surface area contributed by atoms with Crippen LogP contribution in [0, 0.1) is 6.92 Å². The van der Waals surface area contributed by atoms with Crippen LogP contribution in [-0.4, -0.2) is 27.2 Å². The highest BCUT2D eigenvalue weighted by molar-refractivity contribution is 5.95. The molecule has 0 bridgehead atoms. The number of phenolic OH excluding ortho intramolecular Hbond substituents is 1. The lowest BCUT2D eigenvalue weighted by Crippen LogP contribution is -2.35. The Morgan fingerprint density at radius 1 is 1.17 bits per heavy atom. The molecule has 1 amide bonds. The molecule has 1 aliphatic carbocycles. The first-order valence-electron chi connectivity index (χ1n) is 10.0. The largest absolute Gasteiger partial charge is 0.508 e. The number of carbonyl (C=O) groups is 1. The van der Waals surface area contributed by atoms with E-state index in [9.17, 15) is 19.8 Å². The number of hydrogen-bond acceptors (Lipinski definition) is 4. The van der Waals surface area contributed by atoms with Gasteiger partial charge in [0, 0.05) is 12.7 Å². The zero-order chi connectivity index (χ0) is 21.3. The maximum absolute atomic E-state index is 13.2. The molecule has 0 aliphatic heterocycles. The van der Waals surface area contributed by atoms with Crippen molar-refractivity contribution in [2.75, 3.05) is 6.54 Å². The van der Waals surface area contributed by atoms with Crippen LogP contribution in [0.25, 0.3) is 5.69 Å². The Kier molecular flexibility index (Phi) is 5.42. The summed E-state index contributed by atoms with van der Waals surface area (Å²) in [5.74, 6) is -0.492. The Labute approximate surface area is 174 Å². The molecule has 6 nitrogen and oxygen atoms in total. The molecule has 3 aromatic rings. The first-order valence-corrected chi connectivity index (χ1v) is 10.0. The van der Waals surface area contributed by atoms with E-state index in [-0.39, 0.29) is 23.4 Å². The van der Waals surface area contributed by atoms with Gasteiger partial charge in [-0.3, -0.25) is 14.2 Å². The standard InChI is InChI=1S/C24H24N2O4/c1-15-11-12-26(20-10-4-6-16-5-3-9-19(16)20)24(30)22(15)23(29)25-14-21(28)17-7-2-8-18(27)13-17/h2,4,6-8,10-13,21,27-28H,3,5,9,14H2,1H3,(H,25,29). The van der Waals surface area contributed by atoms with E-state index >= 15 is 0 Å². The van der Waals surface area contributed by atoms with E-state index in [2.05, 4.69) is 11.4 Å². The fourth-order valence-electron chi connectivity index (χ4n) is 4.05. The number of pyridine rings is 1. The Morgan fingerprint density at radius 3 is 2.77 bits per heavy atom. The van der Waals surface area contributed by atoms with E-state index in [1.807, 2.05) is 12.1 Å². The van der Waals surface area contributed by atoms with Crippen molar-refractivity contribution in [1.29, 1.82) is 0 Å². The lowest BCUT2D eigenvalue weighted by atomic mass is 10.1. The van der Waals surface area contributed by atoms with E-state index in [0.717, 1.165) is 30.5 Å². The zero-order valence-corrected chi connectivity index (χ0v) is 16.8. The SMILES string of the molecule is Cc1ccn(-c2cccc3c2CCC3)c(=O)c1C(=O)NCC(O)c1cccc(O)c1. The minimum Gasteiger partial charge on any atom is -0.508 e. The van der Waals surface area contributed by atoms with E-state index in [0.29, 0.717) is 11.1 Å². The summed E-state index contributed by atoms with van der Waals surface area (Å²) in [5.41, 5.74) is 3.99. The molecular weight excluding hydrogens is 380 g/mol. The van der Waals surface area contributed by atoms with Crippen LogP contribution < -0.4 is 10.9 Å². The van der Waals surface area contributed by atoms with Gasteiger partial charge in [-0.2, -0.15) is 0 Å². The molecule has 30 heavy (non-hydrogen) atoms. The van der Waals surface area contributed by atoms with E-state index in [1.54, 1.807) is 31.3 Å². The number of aliphatic hydroxyl groups is 1. The van der Waals surface area contributed by atoms with Crippen LogP contribution in [0.15, 0.2) is 59.5 Å². The maximum atomic E-state index is 13.2. The van der Waals surface area contributed by atoms with Crippen molar-refractivity contribution in [3.8, 4) is 11.4 Å². The number of nitrogens with one attached hydrogen (secondary N) is 1. The maximum Gasteiger partial charge on any atom is 0.268 e. The number of rotatable bonds is 5. The smallest absolute Gasteiger partial charge is 0.268 e. The number of amides is 1. The molecule has 1 aliphatic rings. The fraction of sp³-hybridized carbons (Fsp3) is 0.250. The quantitative estimate of drug-likeness (QED) is 0.610. The molecule has 4 rings (SSSR count). The summed E-state index contributed by atoms with van der Waals surface area (Å²) in [6, 6.07) is 13.9. The van der Waals surface area contributed by atoms with E-state index in [4.69, 9.17) is 0 Å². The highest BCUT2D eigenvalue weighted by atomic mass is 16.3. The van der Waals surface area contributed by atoms with Gasteiger partial charge in [0.25, 0.3) is 11.5 Å². The van der Waals surface area contributed by atoms with E-state index < -0.39 is 12.0 Å². The number of aliphatic hydroxyl groups excluding tert-OH is 1. The molecule has 0 saturated carbocycles.